The zero-order chi connectivity index (χ0) is 9.14. The summed E-state index contributed by atoms with van der Waals surface area (Å²) < 4.78 is 4.38. The van der Waals surface area contributed by atoms with Crippen LogP contribution in [-0.4, -0.2) is 21.2 Å². The molecule has 12 heavy (non-hydrogen) atoms. The molecule has 0 amide bonds. The van der Waals surface area contributed by atoms with Crippen LogP contribution in [0.4, 0.5) is 4.79 Å². The fraction of sp³-hybridized carbons (Fsp3) is 0. The van der Waals surface area contributed by atoms with Crippen molar-refractivity contribution in [1.82, 2.24) is 4.73 Å². The maximum Gasteiger partial charge on any atom is 0.511 e. The highest BCUT2D eigenvalue weighted by Crippen LogP contribution is 2.05. The van der Waals surface area contributed by atoms with Gasteiger partial charge in [-0.25, -0.2) is 4.79 Å². The predicted molar refractivity (Wildman–Crippen MR) is 36.5 cm³/mol. The molecule has 0 saturated heterocycles. The Hall–Kier alpha value is -1.98. The van der Waals surface area contributed by atoms with Crippen molar-refractivity contribution >= 4 is 6.16 Å². The van der Waals surface area contributed by atoms with Gasteiger partial charge < -0.3 is 15.1 Å². The van der Waals surface area contributed by atoms with Gasteiger partial charge in [0.05, 0.1) is 6.20 Å². The Labute approximate surface area is 66.2 Å². The van der Waals surface area contributed by atoms with Crippen LogP contribution in [0.2, 0.25) is 0 Å². The largest absolute Gasteiger partial charge is 0.511 e. The monoisotopic (exact) mass is 171 g/mol. The lowest BCUT2D eigenvalue weighted by Crippen LogP contribution is -2.16. The molecule has 0 saturated carbocycles. The van der Waals surface area contributed by atoms with Crippen molar-refractivity contribution in [2.75, 3.05) is 0 Å². The molecule has 0 aliphatic carbocycles. The first-order valence-electron chi connectivity index (χ1n) is 2.92. The van der Waals surface area contributed by atoms with Crippen LogP contribution in [0.25, 0.3) is 0 Å². The molecule has 6 nitrogen and oxygen atoms in total. The first-order chi connectivity index (χ1) is 5.59. The molecular weight excluding hydrogens is 166 g/mol. The zero-order valence-corrected chi connectivity index (χ0v) is 5.80. The fourth-order valence-corrected chi connectivity index (χ4v) is 0.618. The lowest BCUT2D eigenvalue weighted by atomic mass is 10.5. The molecule has 1 aromatic heterocycles. The summed E-state index contributed by atoms with van der Waals surface area (Å²) >= 11 is 0. The van der Waals surface area contributed by atoms with Gasteiger partial charge in [-0.2, -0.15) is 4.73 Å². The molecule has 0 fully saturated rings. The number of carbonyl (C=O) groups is 1. The second-order valence-electron chi connectivity index (χ2n) is 1.92. The summed E-state index contributed by atoms with van der Waals surface area (Å²) in [5.74, 6) is -0.121. The highest BCUT2D eigenvalue weighted by Gasteiger charge is 2.01. The van der Waals surface area contributed by atoms with Crippen molar-refractivity contribution in [2.24, 2.45) is 0 Å². The molecule has 1 rings (SSSR count). The number of pyridine rings is 1. The van der Waals surface area contributed by atoms with Gasteiger partial charge in [0.15, 0.2) is 5.75 Å². The van der Waals surface area contributed by atoms with E-state index in [1.54, 1.807) is 0 Å². The molecule has 0 unspecified atom stereocenters. The SMILES string of the molecule is O=C(O)Oc1ccc(=O)n(O)c1. The first-order valence-corrected chi connectivity index (χ1v) is 2.92. The molecule has 64 valence electrons. The van der Waals surface area contributed by atoms with Crippen LogP contribution < -0.4 is 10.3 Å². The molecule has 6 heteroatoms. The smallest absolute Gasteiger partial charge is 0.449 e. The van der Waals surface area contributed by atoms with E-state index in [1.165, 1.54) is 0 Å². The molecule has 0 spiro atoms. The standard InChI is InChI=1S/C6H5NO5/c8-5-2-1-4(3-7(5)11)12-6(9)10/h1-3,11H,(H,9,10). The minimum atomic E-state index is -1.51. The van der Waals surface area contributed by atoms with E-state index < -0.39 is 11.7 Å². The number of hydrogen-bond donors (Lipinski definition) is 2. The Bertz CT molecular complexity index is 355. The van der Waals surface area contributed by atoms with Crippen LogP contribution in [0.1, 0.15) is 0 Å². The van der Waals surface area contributed by atoms with Gasteiger partial charge in [-0.3, -0.25) is 4.79 Å². The van der Waals surface area contributed by atoms with Gasteiger partial charge in [0.25, 0.3) is 5.56 Å². The van der Waals surface area contributed by atoms with Gasteiger partial charge in [-0.05, 0) is 6.07 Å². The summed E-state index contributed by atoms with van der Waals surface area (Å²) in [7, 11) is 0. The van der Waals surface area contributed by atoms with E-state index in [9.17, 15) is 9.59 Å². The highest BCUT2D eigenvalue weighted by atomic mass is 16.7. The zero-order valence-electron chi connectivity index (χ0n) is 5.80. The van der Waals surface area contributed by atoms with E-state index >= 15 is 0 Å². The second kappa shape index (κ2) is 2.95. The van der Waals surface area contributed by atoms with E-state index in [4.69, 9.17) is 10.3 Å². The fourth-order valence-electron chi connectivity index (χ4n) is 0.618. The summed E-state index contributed by atoms with van der Waals surface area (Å²) in [5.41, 5.74) is -0.660. The molecule has 0 atom stereocenters. The highest BCUT2D eigenvalue weighted by molar-refractivity contribution is 5.60. The average molecular weight is 171 g/mol. The summed E-state index contributed by atoms with van der Waals surface area (Å²) in [5, 5.41) is 16.9. The van der Waals surface area contributed by atoms with Crippen molar-refractivity contribution in [3.63, 3.8) is 0 Å². The third-order valence-electron chi connectivity index (χ3n) is 1.07. The van der Waals surface area contributed by atoms with Gasteiger partial charge >= 0.3 is 6.16 Å². The van der Waals surface area contributed by atoms with E-state index in [-0.39, 0.29) is 10.5 Å². The van der Waals surface area contributed by atoms with Crippen molar-refractivity contribution in [2.45, 2.75) is 0 Å². The Morgan fingerprint density at radius 3 is 2.67 bits per heavy atom. The Morgan fingerprint density at radius 1 is 1.50 bits per heavy atom. The predicted octanol–water partition coefficient (Wildman–Crippen LogP) is 0.142. The number of carboxylic acid groups (broad SMARTS) is 1. The van der Waals surface area contributed by atoms with Crippen molar-refractivity contribution in [1.29, 1.82) is 0 Å². The number of aromatic nitrogens is 1. The van der Waals surface area contributed by atoms with E-state index in [0.717, 1.165) is 18.3 Å². The number of nitrogens with zero attached hydrogens (tertiary/aromatic N) is 1. The third-order valence-corrected chi connectivity index (χ3v) is 1.07. The van der Waals surface area contributed by atoms with Gasteiger partial charge in [-0.15, -0.1) is 0 Å². The molecule has 0 aliphatic heterocycles. The minimum absolute atomic E-state index is 0.121. The van der Waals surface area contributed by atoms with Gasteiger partial charge in [0, 0.05) is 6.07 Å². The lowest BCUT2D eigenvalue weighted by molar-refractivity contribution is 0.139. The summed E-state index contributed by atoms with van der Waals surface area (Å²) in [4.78, 5) is 20.5. The van der Waals surface area contributed by atoms with E-state index in [2.05, 4.69) is 4.74 Å². The van der Waals surface area contributed by atoms with Crippen molar-refractivity contribution in [3.05, 3.63) is 28.7 Å². The van der Waals surface area contributed by atoms with Crippen LogP contribution >= 0.6 is 0 Å². The van der Waals surface area contributed by atoms with E-state index in [1.807, 2.05) is 0 Å². The Balaban J connectivity index is 2.97. The van der Waals surface area contributed by atoms with E-state index in [0.29, 0.717) is 0 Å². The Kier molecular flexibility index (Phi) is 2.00. The van der Waals surface area contributed by atoms with Crippen molar-refractivity contribution in [3.8, 4) is 5.75 Å². The third kappa shape index (κ3) is 1.75. The molecule has 0 aromatic carbocycles. The van der Waals surface area contributed by atoms with Crippen LogP contribution in [0.5, 0.6) is 5.75 Å². The number of ether oxygens (including phenoxy) is 1. The van der Waals surface area contributed by atoms with Gasteiger partial charge in [0.2, 0.25) is 0 Å². The van der Waals surface area contributed by atoms with Gasteiger partial charge in [-0.1, -0.05) is 0 Å². The number of rotatable bonds is 1. The first kappa shape index (κ1) is 8.12. The average Bonchev–Trinajstić information content (AvgIpc) is 1.96. The van der Waals surface area contributed by atoms with Gasteiger partial charge in [0.1, 0.15) is 0 Å². The topological polar surface area (TPSA) is 88.8 Å². The van der Waals surface area contributed by atoms with Crippen LogP contribution in [0, 0.1) is 0 Å². The summed E-state index contributed by atoms with van der Waals surface area (Å²) in [6.07, 6.45) is -0.648. The van der Waals surface area contributed by atoms with Crippen molar-refractivity contribution < 1.29 is 19.8 Å². The summed E-state index contributed by atoms with van der Waals surface area (Å²) in [6.45, 7) is 0. The molecule has 0 radical (unpaired) electrons. The Morgan fingerprint density at radius 2 is 2.17 bits per heavy atom. The maximum absolute atomic E-state index is 10.6. The normalized spacial score (nSPS) is 9.33. The van der Waals surface area contributed by atoms with Crippen LogP contribution in [0.3, 0.4) is 0 Å². The second-order valence-corrected chi connectivity index (χ2v) is 1.92. The van der Waals surface area contributed by atoms with Crippen LogP contribution in [-0.2, 0) is 0 Å². The molecule has 2 N–H and O–H groups in total. The van der Waals surface area contributed by atoms with Crippen LogP contribution in [0.15, 0.2) is 23.1 Å². The molecule has 0 aliphatic rings. The quantitative estimate of drug-likeness (QED) is 0.463. The lowest BCUT2D eigenvalue weighted by Gasteiger charge is -1.99. The maximum atomic E-state index is 10.6. The molecular formula is C6H5NO5. The molecule has 1 heterocycles. The summed E-state index contributed by atoms with van der Waals surface area (Å²) in [6, 6.07) is 2.13. The molecule has 1 aromatic rings. The molecule has 0 bridgehead atoms. The number of hydrogen-bond acceptors (Lipinski definition) is 4. The minimum Gasteiger partial charge on any atom is -0.449 e.